The minimum atomic E-state index is 0. The molecule has 1 aliphatic heterocycles. The van der Waals surface area contributed by atoms with E-state index in [9.17, 15) is 0 Å². The van der Waals surface area contributed by atoms with Crippen molar-refractivity contribution in [1.29, 1.82) is 0 Å². The molecule has 0 radical (unpaired) electrons. The lowest BCUT2D eigenvalue weighted by molar-refractivity contribution is 0.824. The lowest BCUT2D eigenvalue weighted by atomic mass is 10.7. The second kappa shape index (κ2) is 3.23. The van der Waals surface area contributed by atoms with E-state index in [0.29, 0.717) is 5.96 Å². The average molecular weight is 118 g/mol. The Hall–Kier alpha value is -0.810. The number of hydrazine groups is 1. The zero-order chi connectivity index (χ0) is 5.11. The zero-order valence-corrected chi connectivity index (χ0v) is 4.44. The molecule has 0 aromatic heterocycles. The molecule has 0 bridgehead atoms. The van der Waals surface area contributed by atoms with Crippen molar-refractivity contribution in [3.8, 4) is 0 Å². The molecule has 0 amide bonds. The average Bonchev–Trinajstić information content (AvgIpc) is 2.14. The fourth-order valence-corrected chi connectivity index (χ4v) is 0.495. The van der Waals surface area contributed by atoms with Crippen molar-refractivity contribution in [2.75, 3.05) is 13.1 Å². The molecule has 0 fully saturated rings. The minimum absolute atomic E-state index is 0. The first-order chi connectivity index (χ1) is 3.43. The molecule has 1 rings (SSSR count). The Labute approximate surface area is 47.2 Å². The summed E-state index contributed by atoms with van der Waals surface area (Å²) < 4.78 is 0. The van der Waals surface area contributed by atoms with E-state index >= 15 is 0 Å². The van der Waals surface area contributed by atoms with Gasteiger partial charge in [-0.05, 0) is 0 Å². The Morgan fingerprint density at radius 2 is 2.50 bits per heavy atom. The molecule has 48 valence electrons. The SMILES string of the molecule is NNC1=NCCN1.O. The molecule has 6 N–H and O–H groups in total. The van der Waals surface area contributed by atoms with E-state index in [1.807, 2.05) is 0 Å². The molecule has 0 aliphatic carbocycles. The van der Waals surface area contributed by atoms with Gasteiger partial charge in [0.2, 0.25) is 5.96 Å². The number of guanidine groups is 1. The Bertz CT molecular complexity index is 91.3. The minimum Gasteiger partial charge on any atom is -0.412 e. The molecule has 0 saturated carbocycles. The normalized spacial score (nSPS) is 15.9. The summed E-state index contributed by atoms with van der Waals surface area (Å²) in [5, 5.41) is 2.92. The van der Waals surface area contributed by atoms with Crippen LogP contribution < -0.4 is 16.6 Å². The molecule has 0 atom stereocenters. The first-order valence-corrected chi connectivity index (χ1v) is 2.18. The highest BCUT2D eigenvalue weighted by Gasteiger charge is 1.98. The molecule has 0 unspecified atom stereocenters. The Kier molecular flexibility index (Phi) is 2.90. The molecule has 0 spiro atoms. The van der Waals surface area contributed by atoms with Crippen molar-refractivity contribution in [1.82, 2.24) is 10.7 Å². The summed E-state index contributed by atoms with van der Waals surface area (Å²) in [5.74, 6) is 5.68. The van der Waals surface area contributed by atoms with Gasteiger partial charge in [-0.1, -0.05) is 0 Å². The molecule has 8 heavy (non-hydrogen) atoms. The van der Waals surface area contributed by atoms with Crippen LogP contribution in [0.3, 0.4) is 0 Å². The van der Waals surface area contributed by atoms with E-state index in [4.69, 9.17) is 5.84 Å². The molecule has 5 heteroatoms. The number of aliphatic imine (C=N–C) groups is 1. The van der Waals surface area contributed by atoms with Crippen LogP contribution in [0.25, 0.3) is 0 Å². The summed E-state index contributed by atoms with van der Waals surface area (Å²) in [6, 6.07) is 0. The highest BCUT2D eigenvalue weighted by atomic mass is 16.0. The van der Waals surface area contributed by atoms with Gasteiger partial charge in [0, 0.05) is 6.54 Å². The van der Waals surface area contributed by atoms with Gasteiger partial charge < -0.3 is 10.8 Å². The number of hydrogen-bond acceptors (Lipinski definition) is 4. The van der Waals surface area contributed by atoms with Crippen molar-refractivity contribution in [3.05, 3.63) is 0 Å². The Morgan fingerprint density at radius 1 is 1.75 bits per heavy atom. The quantitative estimate of drug-likeness (QED) is 0.244. The lowest BCUT2D eigenvalue weighted by Crippen LogP contribution is -2.38. The topological polar surface area (TPSA) is 93.9 Å². The second-order valence-corrected chi connectivity index (χ2v) is 1.30. The van der Waals surface area contributed by atoms with Crippen molar-refractivity contribution in [3.63, 3.8) is 0 Å². The van der Waals surface area contributed by atoms with Gasteiger partial charge in [-0.3, -0.25) is 10.4 Å². The van der Waals surface area contributed by atoms with Crippen molar-refractivity contribution in [2.24, 2.45) is 10.8 Å². The van der Waals surface area contributed by atoms with Crippen LogP contribution >= 0.6 is 0 Å². The largest absolute Gasteiger partial charge is 0.412 e. The summed E-state index contributed by atoms with van der Waals surface area (Å²) in [6.07, 6.45) is 0. The first kappa shape index (κ1) is 7.19. The monoisotopic (exact) mass is 118 g/mol. The summed E-state index contributed by atoms with van der Waals surface area (Å²) in [5.41, 5.74) is 2.40. The van der Waals surface area contributed by atoms with Crippen molar-refractivity contribution < 1.29 is 5.48 Å². The fourth-order valence-electron chi connectivity index (χ4n) is 0.495. The summed E-state index contributed by atoms with van der Waals surface area (Å²) in [6.45, 7) is 1.74. The van der Waals surface area contributed by atoms with Gasteiger partial charge in [-0.2, -0.15) is 0 Å². The maximum atomic E-state index is 4.99. The predicted octanol–water partition coefficient (Wildman–Crippen LogP) is -2.42. The van der Waals surface area contributed by atoms with Gasteiger partial charge in [0.15, 0.2) is 0 Å². The maximum absolute atomic E-state index is 4.99. The molecular formula is C3H10N4O. The van der Waals surface area contributed by atoms with Gasteiger partial charge in [-0.15, -0.1) is 0 Å². The molecule has 0 saturated heterocycles. The van der Waals surface area contributed by atoms with Gasteiger partial charge in [0.25, 0.3) is 0 Å². The fraction of sp³-hybridized carbons (Fsp3) is 0.667. The highest BCUT2D eigenvalue weighted by molar-refractivity contribution is 5.80. The maximum Gasteiger partial charge on any atom is 0.205 e. The summed E-state index contributed by atoms with van der Waals surface area (Å²) in [7, 11) is 0. The van der Waals surface area contributed by atoms with E-state index < -0.39 is 0 Å². The summed E-state index contributed by atoms with van der Waals surface area (Å²) in [4.78, 5) is 3.92. The third-order valence-electron chi connectivity index (χ3n) is 0.811. The van der Waals surface area contributed by atoms with Crippen molar-refractivity contribution in [2.45, 2.75) is 0 Å². The van der Waals surface area contributed by atoms with Gasteiger partial charge in [-0.25, -0.2) is 5.84 Å². The number of nitrogens with zero attached hydrogens (tertiary/aromatic N) is 1. The highest BCUT2D eigenvalue weighted by Crippen LogP contribution is 1.76. The number of nitrogens with two attached hydrogens (primary N) is 1. The molecule has 1 aliphatic rings. The van der Waals surface area contributed by atoms with E-state index in [1.54, 1.807) is 0 Å². The summed E-state index contributed by atoms with van der Waals surface area (Å²) >= 11 is 0. The van der Waals surface area contributed by atoms with Crippen LogP contribution in [0.5, 0.6) is 0 Å². The predicted molar refractivity (Wildman–Crippen MR) is 31.2 cm³/mol. The number of rotatable bonds is 0. The van der Waals surface area contributed by atoms with E-state index in [2.05, 4.69) is 15.7 Å². The third-order valence-corrected chi connectivity index (χ3v) is 0.811. The van der Waals surface area contributed by atoms with E-state index in [-0.39, 0.29) is 5.48 Å². The smallest absolute Gasteiger partial charge is 0.205 e. The molecule has 5 nitrogen and oxygen atoms in total. The number of hydrogen-bond donors (Lipinski definition) is 3. The third kappa shape index (κ3) is 1.36. The van der Waals surface area contributed by atoms with Crippen molar-refractivity contribution >= 4 is 5.96 Å². The number of nitrogens with one attached hydrogen (secondary N) is 2. The van der Waals surface area contributed by atoms with Crippen LogP contribution in [-0.2, 0) is 0 Å². The van der Waals surface area contributed by atoms with Crippen LogP contribution in [0, 0.1) is 0 Å². The molecule has 0 aromatic rings. The molecule has 0 aromatic carbocycles. The Morgan fingerprint density at radius 3 is 2.75 bits per heavy atom. The van der Waals surface area contributed by atoms with Gasteiger partial charge in [0.1, 0.15) is 0 Å². The molecule has 1 heterocycles. The Balaban J connectivity index is 0.000000490. The standard InChI is InChI=1S/C3H8N4.H2O/c4-7-3-5-1-2-6-3;/h1-2,4H2,(H2,5,6,7);1H2. The first-order valence-electron chi connectivity index (χ1n) is 2.18. The van der Waals surface area contributed by atoms with Crippen LogP contribution in [0.1, 0.15) is 0 Å². The molecular weight excluding hydrogens is 108 g/mol. The van der Waals surface area contributed by atoms with Gasteiger partial charge in [0.05, 0.1) is 6.54 Å². The van der Waals surface area contributed by atoms with E-state index in [0.717, 1.165) is 13.1 Å². The van der Waals surface area contributed by atoms with Crippen LogP contribution in [0.4, 0.5) is 0 Å². The van der Waals surface area contributed by atoms with Crippen LogP contribution in [-0.4, -0.2) is 24.5 Å². The lowest BCUT2D eigenvalue weighted by Gasteiger charge is -1.95. The van der Waals surface area contributed by atoms with E-state index in [1.165, 1.54) is 0 Å². The van der Waals surface area contributed by atoms with Crippen LogP contribution in [0.15, 0.2) is 4.99 Å². The zero-order valence-electron chi connectivity index (χ0n) is 4.44. The van der Waals surface area contributed by atoms with Gasteiger partial charge >= 0.3 is 0 Å². The van der Waals surface area contributed by atoms with Crippen LogP contribution in [0.2, 0.25) is 0 Å². The second-order valence-electron chi connectivity index (χ2n) is 1.30.